The second kappa shape index (κ2) is 6.88. The van der Waals surface area contributed by atoms with Gasteiger partial charge in [-0.15, -0.1) is 0 Å². The van der Waals surface area contributed by atoms with Crippen LogP contribution in [0.2, 0.25) is 0 Å². The van der Waals surface area contributed by atoms with E-state index in [-0.39, 0.29) is 0 Å². The van der Waals surface area contributed by atoms with E-state index in [1.807, 2.05) is 0 Å². The van der Waals surface area contributed by atoms with Crippen molar-refractivity contribution in [2.75, 3.05) is 33.3 Å². The van der Waals surface area contributed by atoms with E-state index in [0.29, 0.717) is 6.10 Å². The predicted molar refractivity (Wildman–Crippen MR) is 75.8 cm³/mol. The van der Waals surface area contributed by atoms with Crippen LogP contribution in [-0.2, 0) is 4.74 Å². The number of rotatable bonds is 4. The molecular formula is C15H30N2O. The topological polar surface area (TPSA) is 24.5 Å². The molecule has 106 valence electrons. The largest absolute Gasteiger partial charge is 0.376 e. The van der Waals surface area contributed by atoms with Gasteiger partial charge in [0.05, 0.1) is 12.7 Å². The molecule has 1 saturated carbocycles. The average molecular weight is 254 g/mol. The average Bonchev–Trinajstić information content (AvgIpc) is 2.38. The minimum atomic E-state index is 0.414. The molecule has 0 radical (unpaired) electrons. The summed E-state index contributed by atoms with van der Waals surface area (Å²) in [5.74, 6) is 1.79. The third kappa shape index (κ3) is 3.69. The van der Waals surface area contributed by atoms with Gasteiger partial charge in [0.15, 0.2) is 0 Å². The van der Waals surface area contributed by atoms with Gasteiger partial charge >= 0.3 is 0 Å². The lowest BCUT2D eigenvalue weighted by Crippen LogP contribution is -2.48. The summed E-state index contributed by atoms with van der Waals surface area (Å²) < 4.78 is 5.64. The maximum atomic E-state index is 5.64. The van der Waals surface area contributed by atoms with Crippen LogP contribution in [0.25, 0.3) is 0 Å². The van der Waals surface area contributed by atoms with Crippen LogP contribution < -0.4 is 5.32 Å². The Morgan fingerprint density at radius 1 is 1.33 bits per heavy atom. The zero-order valence-electron chi connectivity index (χ0n) is 12.3. The number of ether oxygens (including phenoxy) is 1. The van der Waals surface area contributed by atoms with Crippen LogP contribution in [-0.4, -0.2) is 50.3 Å². The van der Waals surface area contributed by atoms with Gasteiger partial charge in [0.25, 0.3) is 0 Å². The van der Waals surface area contributed by atoms with Gasteiger partial charge in [-0.3, -0.25) is 4.90 Å². The Hall–Kier alpha value is -0.120. The Morgan fingerprint density at radius 2 is 2.17 bits per heavy atom. The summed E-state index contributed by atoms with van der Waals surface area (Å²) >= 11 is 0. The Balaban J connectivity index is 1.87. The summed E-state index contributed by atoms with van der Waals surface area (Å²) in [4.78, 5) is 2.61. The van der Waals surface area contributed by atoms with Crippen molar-refractivity contribution < 1.29 is 4.74 Å². The Morgan fingerprint density at radius 3 is 2.83 bits per heavy atom. The summed E-state index contributed by atoms with van der Waals surface area (Å²) in [6.07, 6.45) is 5.95. The van der Waals surface area contributed by atoms with Crippen LogP contribution >= 0.6 is 0 Å². The molecule has 2 aliphatic rings. The van der Waals surface area contributed by atoms with Crippen LogP contribution in [0.1, 0.15) is 39.5 Å². The van der Waals surface area contributed by atoms with Crippen molar-refractivity contribution in [3.05, 3.63) is 0 Å². The van der Waals surface area contributed by atoms with E-state index in [1.165, 1.54) is 32.2 Å². The standard InChI is InChI=1S/C15H30N2O/c1-4-13-5-6-15(16-3)14(9-13)11-17-7-8-18-12(2)10-17/h12-16H,4-11H2,1-3H3. The zero-order valence-corrected chi connectivity index (χ0v) is 12.3. The lowest BCUT2D eigenvalue weighted by atomic mass is 9.76. The first kappa shape index (κ1) is 14.3. The van der Waals surface area contributed by atoms with E-state index in [9.17, 15) is 0 Å². The van der Waals surface area contributed by atoms with E-state index >= 15 is 0 Å². The van der Waals surface area contributed by atoms with Crippen LogP contribution in [0.15, 0.2) is 0 Å². The Kier molecular flexibility index (Phi) is 5.46. The molecule has 0 spiro atoms. The first-order valence-corrected chi connectivity index (χ1v) is 7.74. The van der Waals surface area contributed by atoms with Gasteiger partial charge in [-0.2, -0.15) is 0 Å². The third-order valence-electron chi connectivity index (χ3n) is 4.86. The SMILES string of the molecule is CCC1CCC(NC)C(CN2CCOC(C)C2)C1. The first-order valence-electron chi connectivity index (χ1n) is 7.74. The molecule has 3 heteroatoms. The highest BCUT2D eigenvalue weighted by molar-refractivity contribution is 4.86. The van der Waals surface area contributed by atoms with Gasteiger partial charge < -0.3 is 10.1 Å². The summed E-state index contributed by atoms with van der Waals surface area (Å²) in [6.45, 7) is 8.94. The fourth-order valence-electron chi connectivity index (χ4n) is 3.70. The van der Waals surface area contributed by atoms with Crippen molar-refractivity contribution in [2.24, 2.45) is 11.8 Å². The van der Waals surface area contributed by atoms with Gasteiger partial charge in [-0.05, 0) is 45.1 Å². The molecule has 4 unspecified atom stereocenters. The first-order chi connectivity index (χ1) is 8.72. The van der Waals surface area contributed by atoms with Crippen molar-refractivity contribution in [3.8, 4) is 0 Å². The summed E-state index contributed by atoms with van der Waals surface area (Å²) in [7, 11) is 2.13. The maximum Gasteiger partial charge on any atom is 0.0674 e. The molecule has 2 rings (SSSR count). The highest BCUT2D eigenvalue weighted by atomic mass is 16.5. The monoisotopic (exact) mass is 254 g/mol. The fourth-order valence-corrected chi connectivity index (χ4v) is 3.70. The van der Waals surface area contributed by atoms with Crippen molar-refractivity contribution in [2.45, 2.75) is 51.7 Å². The van der Waals surface area contributed by atoms with Crippen molar-refractivity contribution >= 4 is 0 Å². The number of nitrogens with zero attached hydrogens (tertiary/aromatic N) is 1. The number of hydrogen-bond acceptors (Lipinski definition) is 3. The smallest absolute Gasteiger partial charge is 0.0674 e. The Bertz CT molecular complexity index is 247. The van der Waals surface area contributed by atoms with Crippen molar-refractivity contribution in [1.29, 1.82) is 0 Å². The van der Waals surface area contributed by atoms with E-state index < -0.39 is 0 Å². The van der Waals surface area contributed by atoms with Crippen molar-refractivity contribution in [1.82, 2.24) is 10.2 Å². The molecule has 1 aliphatic heterocycles. The molecule has 0 bridgehead atoms. The summed E-state index contributed by atoms with van der Waals surface area (Å²) in [6, 6.07) is 0.728. The highest BCUT2D eigenvalue weighted by Crippen LogP contribution is 2.32. The van der Waals surface area contributed by atoms with E-state index in [0.717, 1.165) is 37.6 Å². The molecule has 0 amide bonds. The molecular weight excluding hydrogens is 224 g/mol. The second-order valence-electron chi connectivity index (χ2n) is 6.18. The quantitative estimate of drug-likeness (QED) is 0.832. The summed E-state index contributed by atoms with van der Waals surface area (Å²) in [5.41, 5.74) is 0. The van der Waals surface area contributed by atoms with E-state index in [2.05, 4.69) is 31.1 Å². The highest BCUT2D eigenvalue weighted by Gasteiger charge is 2.31. The van der Waals surface area contributed by atoms with Crippen LogP contribution in [0.5, 0.6) is 0 Å². The molecule has 1 aliphatic carbocycles. The van der Waals surface area contributed by atoms with Gasteiger partial charge in [0.1, 0.15) is 0 Å². The molecule has 0 aromatic heterocycles. The third-order valence-corrected chi connectivity index (χ3v) is 4.86. The molecule has 2 fully saturated rings. The molecule has 0 aromatic rings. The maximum absolute atomic E-state index is 5.64. The molecule has 1 N–H and O–H groups in total. The fraction of sp³-hybridized carbons (Fsp3) is 1.00. The summed E-state index contributed by atoms with van der Waals surface area (Å²) in [5, 5.41) is 3.54. The molecule has 4 atom stereocenters. The normalized spacial score (nSPS) is 38.8. The predicted octanol–water partition coefficient (Wildman–Crippen LogP) is 2.12. The lowest BCUT2D eigenvalue weighted by molar-refractivity contribution is -0.0278. The van der Waals surface area contributed by atoms with Gasteiger partial charge in [0, 0.05) is 25.7 Å². The number of morpholine rings is 1. The number of nitrogens with one attached hydrogen (secondary N) is 1. The van der Waals surface area contributed by atoms with Crippen LogP contribution in [0, 0.1) is 11.8 Å². The minimum absolute atomic E-state index is 0.414. The van der Waals surface area contributed by atoms with E-state index in [4.69, 9.17) is 4.74 Å². The van der Waals surface area contributed by atoms with Crippen LogP contribution in [0.4, 0.5) is 0 Å². The Labute approximate surface area is 112 Å². The van der Waals surface area contributed by atoms with Crippen LogP contribution in [0.3, 0.4) is 0 Å². The lowest BCUT2D eigenvalue weighted by Gasteiger charge is -2.40. The molecule has 1 saturated heterocycles. The molecule has 3 nitrogen and oxygen atoms in total. The van der Waals surface area contributed by atoms with Gasteiger partial charge in [-0.1, -0.05) is 13.3 Å². The number of hydrogen-bond donors (Lipinski definition) is 1. The van der Waals surface area contributed by atoms with E-state index in [1.54, 1.807) is 0 Å². The molecule has 0 aromatic carbocycles. The zero-order chi connectivity index (χ0) is 13.0. The minimum Gasteiger partial charge on any atom is -0.376 e. The van der Waals surface area contributed by atoms with Gasteiger partial charge in [0.2, 0.25) is 0 Å². The molecule has 18 heavy (non-hydrogen) atoms. The van der Waals surface area contributed by atoms with Gasteiger partial charge in [-0.25, -0.2) is 0 Å². The van der Waals surface area contributed by atoms with Crippen molar-refractivity contribution in [3.63, 3.8) is 0 Å². The molecule has 1 heterocycles. The second-order valence-corrected chi connectivity index (χ2v) is 6.18.